The van der Waals surface area contributed by atoms with E-state index in [-0.39, 0.29) is 5.82 Å². The van der Waals surface area contributed by atoms with Gasteiger partial charge in [0.25, 0.3) is 0 Å². The van der Waals surface area contributed by atoms with Crippen LogP contribution in [0.2, 0.25) is 0 Å². The summed E-state index contributed by atoms with van der Waals surface area (Å²) in [5.74, 6) is 0.102. The summed E-state index contributed by atoms with van der Waals surface area (Å²) >= 11 is 0. The van der Waals surface area contributed by atoms with Gasteiger partial charge in [-0.05, 0) is 17.7 Å². The van der Waals surface area contributed by atoms with Crippen LogP contribution in [0.1, 0.15) is 17.5 Å². The lowest BCUT2D eigenvalue weighted by molar-refractivity contribution is 0.209. The zero-order valence-electron chi connectivity index (χ0n) is 11.3. The third kappa shape index (κ3) is 2.43. The van der Waals surface area contributed by atoms with Crippen molar-refractivity contribution in [1.29, 1.82) is 0 Å². The Balaban J connectivity index is 2.28. The maximum absolute atomic E-state index is 12.1. The van der Waals surface area contributed by atoms with Crippen molar-refractivity contribution >= 4 is 21.1 Å². The molecule has 0 fully saturated rings. The first-order valence-corrected chi connectivity index (χ1v) is 8.24. The summed E-state index contributed by atoms with van der Waals surface area (Å²) in [5, 5.41) is 10.5. The molecule has 0 saturated carbocycles. The number of para-hydroxylation sites is 2. The van der Waals surface area contributed by atoms with Crippen LogP contribution in [0.5, 0.6) is 0 Å². The minimum absolute atomic E-state index is 0.102. The number of hydrogen-bond acceptors (Lipinski definition) is 4. The number of benzene rings is 2. The lowest BCUT2D eigenvalue weighted by Gasteiger charge is -2.12. The standard InChI is InChI=1S/C15H14N2O3S/c1-21(19,20)17-13-10-6-5-9-12(13)16-15(17)14(18)11-7-3-2-4-8-11/h2-10,14,18H,1H3/t14-/m0/s1. The van der Waals surface area contributed by atoms with Crippen molar-refractivity contribution in [2.24, 2.45) is 0 Å². The lowest BCUT2D eigenvalue weighted by Crippen LogP contribution is -2.17. The van der Waals surface area contributed by atoms with Gasteiger partial charge in [0.15, 0.2) is 5.82 Å². The number of aliphatic hydroxyl groups excluding tert-OH is 1. The summed E-state index contributed by atoms with van der Waals surface area (Å²) < 4.78 is 25.3. The zero-order chi connectivity index (χ0) is 15.0. The van der Waals surface area contributed by atoms with Crippen LogP contribution < -0.4 is 0 Å². The first-order valence-electron chi connectivity index (χ1n) is 6.39. The molecule has 3 aromatic rings. The van der Waals surface area contributed by atoms with Crippen LogP contribution in [-0.2, 0) is 10.0 Å². The van der Waals surface area contributed by atoms with Crippen LogP contribution in [0.3, 0.4) is 0 Å². The monoisotopic (exact) mass is 302 g/mol. The third-order valence-corrected chi connectivity index (χ3v) is 4.28. The Morgan fingerprint density at radius 2 is 1.67 bits per heavy atom. The van der Waals surface area contributed by atoms with E-state index in [9.17, 15) is 13.5 Å². The molecule has 1 N–H and O–H groups in total. The Labute approximate surface area is 122 Å². The van der Waals surface area contributed by atoms with Crippen LogP contribution in [0.25, 0.3) is 11.0 Å². The van der Waals surface area contributed by atoms with E-state index in [0.717, 1.165) is 10.2 Å². The second-order valence-electron chi connectivity index (χ2n) is 4.80. The SMILES string of the molecule is CS(=O)(=O)n1c([C@@H](O)c2ccccc2)nc2ccccc21. The average molecular weight is 302 g/mol. The van der Waals surface area contributed by atoms with Crippen molar-refractivity contribution in [2.75, 3.05) is 6.26 Å². The number of rotatable bonds is 3. The smallest absolute Gasteiger partial charge is 0.237 e. The molecule has 3 rings (SSSR count). The van der Waals surface area contributed by atoms with Gasteiger partial charge in [-0.3, -0.25) is 0 Å². The van der Waals surface area contributed by atoms with Crippen LogP contribution in [0.4, 0.5) is 0 Å². The molecule has 0 aliphatic carbocycles. The van der Waals surface area contributed by atoms with Gasteiger partial charge in [-0.15, -0.1) is 0 Å². The molecule has 0 radical (unpaired) electrons. The number of hydrogen-bond donors (Lipinski definition) is 1. The Kier molecular flexibility index (Phi) is 3.27. The van der Waals surface area contributed by atoms with Crippen LogP contribution in [-0.4, -0.2) is 28.7 Å². The highest BCUT2D eigenvalue weighted by Gasteiger charge is 2.24. The van der Waals surface area contributed by atoms with Crippen molar-refractivity contribution in [3.05, 3.63) is 66.0 Å². The third-order valence-electron chi connectivity index (χ3n) is 3.24. The molecular weight excluding hydrogens is 288 g/mol. The summed E-state index contributed by atoms with van der Waals surface area (Å²) in [6.45, 7) is 0. The molecule has 1 heterocycles. The molecule has 0 saturated heterocycles. The van der Waals surface area contributed by atoms with Gasteiger partial charge >= 0.3 is 0 Å². The van der Waals surface area contributed by atoms with Gasteiger partial charge in [-0.2, -0.15) is 0 Å². The van der Waals surface area contributed by atoms with Crippen molar-refractivity contribution < 1.29 is 13.5 Å². The molecule has 0 spiro atoms. The fourth-order valence-electron chi connectivity index (χ4n) is 2.33. The maximum atomic E-state index is 12.1. The molecule has 0 aliphatic heterocycles. The number of nitrogens with zero attached hydrogens (tertiary/aromatic N) is 2. The summed E-state index contributed by atoms with van der Waals surface area (Å²) in [6, 6.07) is 15.8. The van der Waals surface area contributed by atoms with Gasteiger partial charge in [0.05, 0.1) is 17.3 Å². The van der Waals surface area contributed by atoms with E-state index >= 15 is 0 Å². The number of aliphatic hydroxyl groups is 1. The van der Waals surface area contributed by atoms with Crippen LogP contribution >= 0.6 is 0 Å². The second kappa shape index (κ2) is 4.98. The largest absolute Gasteiger partial charge is 0.380 e. The molecule has 21 heavy (non-hydrogen) atoms. The van der Waals surface area contributed by atoms with E-state index in [1.54, 1.807) is 48.5 Å². The van der Waals surface area contributed by atoms with E-state index in [1.807, 2.05) is 6.07 Å². The van der Waals surface area contributed by atoms with Crippen LogP contribution in [0.15, 0.2) is 54.6 Å². The number of fused-ring (bicyclic) bond motifs is 1. The molecule has 0 aliphatic rings. The van der Waals surface area contributed by atoms with E-state index in [0.29, 0.717) is 16.6 Å². The van der Waals surface area contributed by atoms with E-state index in [1.165, 1.54) is 0 Å². The summed E-state index contributed by atoms with van der Waals surface area (Å²) in [5.41, 5.74) is 1.59. The predicted octanol–water partition coefficient (Wildman–Crippen LogP) is 1.93. The minimum Gasteiger partial charge on any atom is -0.380 e. The number of aromatic nitrogens is 2. The second-order valence-corrected chi connectivity index (χ2v) is 6.63. The highest BCUT2D eigenvalue weighted by Crippen LogP contribution is 2.26. The molecule has 0 bridgehead atoms. The normalized spacial score (nSPS) is 13.4. The van der Waals surface area contributed by atoms with Crippen molar-refractivity contribution in [3.63, 3.8) is 0 Å². The highest BCUT2D eigenvalue weighted by molar-refractivity contribution is 7.89. The van der Waals surface area contributed by atoms with E-state index < -0.39 is 16.1 Å². The van der Waals surface area contributed by atoms with E-state index in [4.69, 9.17) is 0 Å². The molecule has 108 valence electrons. The van der Waals surface area contributed by atoms with Crippen LogP contribution in [0, 0.1) is 0 Å². The Hall–Kier alpha value is -2.18. The molecule has 0 unspecified atom stereocenters. The Bertz CT molecular complexity index is 886. The molecule has 6 heteroatoms. The van der Waals surface area contributed by atoms with Gasteiger partial charge in [-0.1, -0.05) is 42.5 Å². The quantitative estimate of drug-likeness (QED) is 0.802. The van der Waals surface area contributed by atoms with Gasteiger partial charge in [-0.25, -0.2) is 17.4 Å². The fourth-order valence-corrected chi connectivity index (χ4v) is 3.32. The molecule has 0 amide bonds. The first-order chi connectivity index (χ1) is 9.98. The lowest BCUT2D eigenvalue weighted by atomic mass is 10.1. The van der Waals surface area contributed by atoms with Gasteiger partial charge < -0.3 is 5.11 Å². The Morgan fingerprint density at radius 3 is 2.33 bits per heavy atom. The van der Waals surface area contributed by atoms with E-state index in [2.05, 4.69) is 4.98 Å². The van der Waals surface area contributed by atoms with Gasteiger partial charge in [0.2, 0.25) is 10.0 Å². The van der Waals surface area contributed by atoms with Gasteiger partial charge in [0.1, 0.15) is 6.10 Å². The molecule has 1 aromatic heterocycles. The predicted molar refractivity (Wildman–Crippen MR) is 80.5 cm³/mol. The van der Waals surface area contributed by atoms with Crippen molar-refractivity contribution in [3.8, 4) is 0 Å². The topological polar surface area (TPSA) is 72.2 Å². The number of imidazole rings is 1. The molecule has 1 atom stereocenters. The molecule has 5 nitrogen and oxygen atoms in total. The summed E-state index contributed by atoms with van der Waals surface area (Å²) in [6.07, 6.45) is -0.00387. The fraction of sp³-hybridized carbons (Fsp3) is 0.133. The maximum Gasteiger partial charge on any atom is 0.237 e. The highest BCUT2D eigenvalue weighted by atomic mass is 32.2. The minimum atomic E-state index is -3.58. The molecule has 2 aromatic carbocycles. The van der Waals surface area contributed by atoms with Crippen molar-refractivity contribution in [2.45, 2.75) is 6.10 Å². The van der Waals surface area contributed by atoms with Gasteiger partial charge in [0, 0.05) is 0 Å². The first kappa shape index (κ1) is 13.8. The summed E-state index contributed by atoms with van der Waals surface area (Å²) in [4.78, 5) is 4.29. The van der Waals surface area contributed by atoms with Crippen molar-refractivity contribution in [1.82, 2.24) is 8.96 Å². The summed E-state index contributed by atoms with van der Waals surface area (Å²) in [7, 11) is -3.58. The zero-order valence-corrected chi connectivity index (χ0v) is 12.2. The average Bonchev–Trinajstić information content (AvgIpc) is 2.86. The Morgan fingerprint density at radius 1 is 1.05 bits per heavy atom. The molecular formula is C15H14N2O3S.